The predicted molar refractivity (Wildman–Crippen MR) is 245 cm³/mol. The molecule has 4 N–H and O–H groups in total. The van der Waals surface area contributed by atoms with Crippen molar-refractivity contribution < 1.29 is 33.5 Å². The minimum Gasteiger partial charge on any atom is -0.351 e. The summed E-state index contributed by atoms with van der Waals surface area (Å²) in [5, 5.41) is 10.1. The van der Waals surface area contributed by atoms with E-state index in [0.29, 0.717) is 23.8 Å². The van der Waals surface area contributed by atoms with Crippen molar-refractivity contribution >= 4 is 46.3 Å². The number of hydroxylamine groups is 1. The van der Waals surface area contributed by atoms with Gasteiger partial charge >= 0.3 is 6.03 Å². The summed E-state index contributed by atoms with van der Waals surface area (Å²) in [6, 6.07) is 42.2. The molecule has 0 spiro atoms. The van der Waals surface area contributed by atoms with Crippen LogP contribution in [0.1, 0.15) is 55.0 Å². The summed E-state index contributed by atoms with van der Waals surface area (Å²) in [6.45, 7) is 5.59. The second-order valence-corrected chi connectivity index (χ2v) is 15.3. The number of benzene rings is 5. The van der Waals surface area contributed by atoms with Gasteiger partial charge in [0.15, 0.2) is 12.9 Å². The molecule has 0 aliphatic heterocycles. The zero-order chi connectivity index (χ0) is 45.3. The maximum absolute atomic E-state index is 15.3. The van der Waals surface area contributed by atoms with Crippen LogP contribution in [-0.4, -0.2) is 71.8 Å². The number of amides is 5. The molecule has 64 heavy (non-hydrogen) atoms. The van der Waals surface area contributed by atoms with Crippen LogP contribution in [0, 0.1) is 0 Å². The molecule has 6 rings (SSSR count). The van der Waals surface area contributed by atoms with E-state index in [9.17, 15) is 14.4 Å². The monoisotopic (exact) mass is 884 g/mol. The lowest BCUT2D eigenvalue weighted by atomic mass is 9.77. The number of pyridine rings is 1. The van der Waals surface area contributed by atoms with E-state index in [1.165, 1.54) is 0 Å². The third kappa shape index (κ3) is 12.1. The lowest BCUT2D eigenvalue weighted by molar-refractivity contribution is -0.180. The van der Waals surface area contributed by atoms with E-state index in [-0.39, 0.29) is 13.1 Å². The number of fused-ring (bicyclic) bond motifs is 1. The van der Waals surface area contributed by atoms with Crippen molar-refractivity contribution in [3.05, 3.63) is 185 Å². The molecule has 6 aromatic rings. The Hall–Kier alpha value is -6.64. The second kappa shape index (κ2) is 23.2. The van der Waals surface area contributed by atoms with Gasteiger partial charge in [-0.3, -0.25) is 24.2 Å². The zero-order valence-corrected chi connectivity index (χ0v) is 36.8. The average Bonchev–Trinajstić information content (AvgIpc) is 3.32. The van der Waals surface area contributed by atoms with Crippen molar-refractivity contribution in [3.8, 4) is 0 Å². The molecule has 0 unspecified atom stereocenters. The molecular formula is C50H53ClN6O7. The van der Waals surface area contributed by atoms with Crippen LogP contribution in [0.25, 0.3) is 10.9 Å². The molecule has 0 bridgehead atoms. The van der Waals surface area contributed by atoms with Crippen molar-refractivity contribution in [1.82, 2.24) is 31.3 Å². The number of nitrogens with zero attached hydrogens (tertiary/aromatic N) is 2. The van der Waals surface area contributed by atoms with Gasteiger partial charge in [0.25, 0.3) is 0 Å². The van der Waals surface area contributed by atoms with E-state index in [2.05, 4.69) is 26.4 Å². The Balaban J connectivity index is 1.33. The number of hydrogen-bond acceptors (Lipinski definition) is 8. The number of rotatable bonds is 21. The van der Waals surface area contributed by atoms with Crippen molar-refractivity contribution in [2.24, 2.45) is 0 Å². The number of ether oxygens (including phenoxy) is 2. The number of hydrogen-bond donors (Lipinski definition) is 4. The lowest BCUT2D eigenvalue weighted by Crippen LogP contribution is -2.57. The third-order valence-electron chi connectivity index (χ3n) is 10.6. The number of carbonyl (C=O) groups excluding carboxylic acids is 4. The fourth-order valence-electron chi connectivity index (χ4n) is 7.55. The minimum atomic E-state index is -1.44. The second-order valence-electron chi connectivity index (χ2n) is 14.9. The van der Waals surface area contributed by atoms with Crippen molar-refractivity contribution in [2.75, 3.05) is 19.8 Å². The Kier molecular flexibility index (Phi) is 17.0. The summed E-state index contributed by atoms with van der Waals surface area (Å²) in [5.74, 6) is -1.90. The van der Waals surface area contributed by atoms with Gasteiger partial charge in [0, 0.05) is 42.9 Å². The first-order valence-electron chi connectivity index (χ1n) is 21.2. The predicted octanol–water partition coefficient (Wildman–Crippen LogP) is 7.42. The number of para-hydroxylation sites is 1. The van der Waals surface area contributed by atoms with E-state index in [1.54, 1.807) is 42.3 Å². The zero-order valence-electron chi connectivity index (χ0n) is 36.0. The molecular weight excluding hydrogens is 832 g/mol. The number of urea groups is 1. The minimum absolute atomic E-state index is 0.0345. The van der Waals surface area contributed by atoms with Gasteiger partial charge in [0.1, 0.15) is 11.6 Å². The molecule has 14 heteroatoms. The molecule has 0 aliphatic carbocycles. The number of halogens is 1. The van der Waals surface area contributed by atoms with E-state index >= 15 is 4.79 Å². The first-order chi connectivity index (χ1) is 31.1. The quantitative estimate of drug-likeness (QED) is 0.0330. The summed E-state index contributed by atoms with van der Waals surface area (Å²) in [5.41, 5.74) is 5.53. The van der Waals surface area contributed by atoms with Crippen LogP contribution in [0.5, 0.6) is 0 Å². The number of nitrogens with one attached hydrogen (secondary N) is 4. The summed E-state index contributed by atoms with van der Waals surface area (Å²) >= 11 is 5.97. The molecule has 332 valence electrons. The number of carbonyl (C=O) groups is 4. The molecule has 5 amide bonds. The van der Waals surface area contributed by atoms with Gasteiger partial charge in [0.2, 0.25) is 17.7 Å². The maximum Gasteiger partial charge on any atom is 0.338 e. The summed E-state index contributed by atoms with van der Waals surface area (Å²) in [6.07, 6.45) is 0.342. The van der Waals surface area contributed by atoms with E-state index < -0.39 is 60.7 Å². The highest BCUT2D eigenvalue weighted by atomic mass is 35.5. The van der Waals surface area contributed by atoms with Crippen LogP contribution >= 0.6 is 11.6 Å². The largest absolute Gasteiger partial charge is 0.351 e. The van der Waals surface area contributed by atoms with Crippen molar-refractivity contribution in [3.63, 3.8) is 0 Å². The molecule has 5 aromatic carbocycles. The first-order valence-corrected chi connectivity index (χ1v) is 21.5. The van der Waals surface area contributed by atoms with E-state index in [4.69, 9.17) is 25.9 Å². The van der Waals surface area contributed by atoms with E-state index in [0.717, 1.165) is 33.2 Å². The standard InChI is InChI=1S/C50H53ClN6O7/c1-4-62-48(63-5-2)35(3)57(33-38-18-15-17-37-19-16-30-52-46(37)38)47(60)43(54-45(59)34-64-56-49(61)53-32-36-26-28-42(51)29-27-36)31-44(58)55-50(39-20-9-6-10-21-39,40-22-11-7-12-23-40)41-24-13-8-14-25-41/h6-30,35,43,48H,4-5,31-34H2,1-3H3,(H,54,59)(H,55,58)(H2,53,56,61)/t35-,43-/m0/s1. The van der Waals surface area contributed by atoms with Crippen LogP contribution < -0.4 is 21.4 Å². The molecule has 13 nitrogen and oxygen atoms in total. The highest BCUT2D eigenvalue weighted by Gasteiger charge is 2.40. The van der Waals surface area contributed by atoms with Gasteiger partial charge in [-0.25, -0.2) is 10.3 Å². The fraction of sp³-hybridized carbons (Fsp3) is 0.260. The molecule has 0 fully saturated rings. The molecule has 0 saturated carbocycles. The van der Waals surface area contributed by atoms with Crippen LogP contribution in [-0.2, 0) is 47.3 Å². The molecule has 0 aliphatic rings. The normalized spacial score (nSPS) is 12.3. The first kappa shape index (κ1) is 46.9. The SMILES string of the molecule is CCOC(OCC)[C@H](C)N(Cc1cccc2cccnc12)C(=O)[C@H](CC(=O)NC(c1ccccc1)(c1ccccc1)c1ccccc1)NC(=O)CONC(=O)NCc1ccc(Cl)cc1. The summed E-state index contributed by atoms with van der Waals surface area (Å²) < 4.78 is 12.0. The number of aromatic nitrogens is 1. The molecule has 2 atom stereocenters. The van der Waals surface area contributed by atoms with Gasteiger partial charge in [-0.05, 0) is 66.8 Å². The molecule has 1 aromatic heterocycles. The molecule has 0 saturated heterocycles. The summed E-state index contributed by atoms with van der Waals surface area (Å²) in [4.78, 5) is 67.9. The fourth-order valence-corrected chi connectivity index (χ4v) is 7.68. The van der Waals surface area contributed by atoms with Crippen LogP contribution in [0.2, 0.25) is 5.02 Å². The Bertz CT molecular complexity index is 2340. The Morgan fingerprint density at radius 1 is 0.719 bits per heavy atom. The summed E-state index contributed by atoms with van der Waals surface area (Å²) in [7, 11) is 0. The maximum atomic E-state index is 15.3. The topological polar surface area (TPSA) is 160 Å². The highest BCUT2D eigenvalue weighted by molar-refractivity contribution is 6.30. The van der Waals surface area contributed by atoms with Crippen LogP contribution in [0.4, 0.5) is 4.79 Å². The van der Waals surface area contributed by atoms with Crippen molar-refractivity contribution in [2.45, 2.75) is 64.2 Å². The van der Waals surface area contributed by atoms with Crippen LogP contribution in [0.3, 0.4) is 0 Å². The van der Waals surface area contributed by atoms with Gasteiger partial charge < -0.3 is 30.3 Å². The van der Waals surface area contributed by atoms with Crippen LogP contribution in [0.15, 0.2) is 152 Å². The van der Waals surface area contributed by atoms with Gasteiger partial charge in [-0.15, -0.1) is 0 Å². The Morgan fingerprint density at radius 2 is 1.30 bits per heavy atom. The third-order valence-corrected chi connectivity index (χ3v) is 10.8. The van der Waals surface area contributed by atoms with E-state index in [1.807, 2.05) is 135 Å². The molecule has 1 heterocycles. The smallest absolute Gasteiger partial charge is 0.338 e. The lowest BCUT2D eigenvalue weighted by Gasteiger charge is -2.38. The molecule has 0 radical (unpaired) electrons. The van der Waals surface area contributed by atoms with Gasteiger partial charge in [0.05, 0.1) is 18.0 Å². The van der Waals surface area contributed by atoms with Gasteiger partial charge in [-0.1, -0.05) is 139 Å². The highest BCUT2D eigenvalue weighted by Crippen LogP contribution is 2.37. The Morgan fingerprint density at radius 3 is 1.88 bits per heavy atom. The van der Waals surface area contributed by atoms with Crippen molar-refractivity contribution in [1.29, 1.82) is 0 Å². The van der Waals surface area contributed by atoms with Gasteiger partial charge in [-0.2, -0.15) is 0 Å². The Labute approximate surface area is 378 Å². The average molecular weight is 885 g/mol.